The van der Waals surface area contributed by atoms with Crippen molar-refractivity contribution < 1.29 is 0 Å². The summed E-state index contributed by atoms with van der Waals surface area (Å²) in [5.41, 5.74) is 7.11. The first-order chi connectivity index (χ1) is 9.13. The summed E-state index contributed by atoms with van der Waals surface area (Å²) >= 11 is 0. The first-order valence-electron chi connectivity index (χ1n) is 7.14. The third-order valence-electron chi connectivity index (χ3n) is 3.94. The first kappa shape index (κ1) is 14.1. The van der Waals surface area contributed by atoms with Crippen LogP contribution in [-0.2, 0) is 6.42 Å². The van der Waals surface area contributed by atoms with Gasteiger partial charge in [0.25, 0.3) is 0 Å². The molecule has 5 nitrogen and oxygen atoms in total. The van der Waals surface area contributed by atoms with E-state index in [4.69, 9.17) is 5.73 Å². The average Bonchev–Trinajstić information content (AvgIpc) is 2.40. The van der Waals surface area contributed by atoms with Gasteiger partial charge in [-0.15, -0.1) is 0 Å². The van der Waals surface area contributed by atoms with Crippen LogP contribution in [0.5, 0.6) is 0 Å². The highest BCUT2D eigenvalue weighted by Crippen LogP contribution is 2.26. The van der Waals surface area contributed by atoms with E-state index in [0.29, 0.717) is 11.9 Å². The number of aromatic nitrogens is 2. The van der Waals surface area contributed by atoms with Crippen LogP contribution in [0.1, 0.15) is 31.7 Å². The molecule has 1 atom stereocenters. The number of likely N-dealkylation sites (tertiary alicyclic amines) is 1. The molecule has 1 fully saturated rings. The minimum atomic E-state index is 0.517. The molecule has 2 N–H and O–H groups in total. The minimum Gasteiger partial charge on any atom is -0.383 e. The second kappa shape index (κ2) is 6.19. The molecule has 0 bridgehead atoms. The van der Waals surface area contributed by atoms with Gasteiger partial charge >= 0.3 is 0 Å². The molecule has 0 saturated carbocycles. The van der Waals surface area contributed by atoms with Gasteiger partial charge in [0.1, 0.15) is 18.0 Å². The molecule has 1 saturated heterocycles. The Kier molecular flexibility index (Phi) is 4.58. The molecule has 1 aromatic rings. The number of nitrogens with zero attached hydrogens (tertiary/aromatic N) is 4. The van der Waals surface area contributed by atoms with Crippen molar-refractivity contribution in [1.82, 2.24) is 14.9 Å². The average molecular weight is 263 g/mol. The van der Waals surface area contributed by atoms with Gasteiger partial charge in [-0.05, 0) is 32.9 Å². The van der Waals surface area contributed by atoms with Gasteiger partial charge in [0, 0.05) is 25.2 Å². The Morgan fingerprint density at radius 3 is 2.95 bits per heavy atom. The highest BCUT2D eigenvalue weighted by molar-refractivity contribution is 5.56. The zero-order valence-electron chi connectivity index (χ0n) is 12.3. The Labute approximate surface area is 115 Å². The standard InChI is InChI=1S/C14H25N5/c1-4-6-12-13(15)16-10-17-14(12)19(3)11-7-5-8-18(2)9-11/h10-11H,4-9H2,1-3H3,(H2,15,16,17). The van der Waals surface area contributed by atoms with Crippen molar-refractivity contribution in [2.45, 2.75) is 38.6 Å². The molecule has 0 aliphatic carbocycles. The number of hydrogen-bond donors (Lipinski definition) is 1. The predicted molar refractivity (Wildman–Crippen MR) is 79.4 cm³/mol. The first-order valence-corrected chi connectivity index (χ1v) is 7.14. The van der Waals surface area contributed by atoms with Crippen LogP contribution in [0.2, 0.25) is 0 Å². The van der Waals surface area contributed by atoms with Crippen LogP contribution < -0.4 is 10.6 Å². The molecular weight excluding hydrogens is 238 g/mol. The van der Waals surface area contributed by atoms with E-state index >= 15 is 0 Å². The van der Waals surface area contributed by atoms with Crippen LogP contribution >= 0.6 is 0 Å². The van der Waals surface area contributed by atoms with Crippen LogP contribution in [0.4, 0.5) is 11.6 Å². The Morgan fingerprint density at radius 1 is 1.47 bits per heavy atom. The van der Waals surface area contributed by atoms with Crippen LogP contribution in [0.15, 0.2) is 6.33 Å². The van der Waals surface area contributed by atoms with E-state index in [0.717, 1.165) is 30.8 Å². The van der Waals surface area contributed by atoms with Crippen molar-refractivity contribution in [3.63, 3.8) is 0 Å². The summed E-state index contributed by atoms with van der Waals surface area (Å²) in [5.74, 6) is 1.64. The summed E-state index contributed by atoms with van der Waals surface area (Å²) in [6.45, 7) is 4.44. The van der Waals surface area contributed by atoms with Crippen molar-refractivity contribution in [3.8, 4) is 0 Å². The third-order valence-corrected chi connectivity index (χ3v) is 3.94. The van der Waals surface area contributed by atoms with Crippen LogP contribution in [0.25, 0.3) is 0 Å². The monoisotopic (exact) mass is 263 g/mol. The van der Waals surface area contributed by atoms with E-state index in [1.165, 1.54) is 19.4 Å². The number of likely N-dealkylation sites (N-methyl/N-ethyl adjacent to an activating group) is 2. The number of rotatable bonds is 4. The maximum Gasteiger partial charge on any atom is 0.137 e. The molecule has 0 spiro atoms. The molecule has 1 aliphatic rings. The number of piperidine rings is 1. The minimum absolute atomic E-state index is 0.517. The Bertz CT molecular complexity index is 420. The van der Waals surface area contributed by atoms with Crippen LogP contribution in [-0.4, -0.2) is 48.1 Å². The van der Waals surface area contributed by atoms with Gasteiger partial charge in [-0.2, -0.15) is 0 Å². The van der Waals surface area contributed by atoms with E-state index in [2.05, 4.69) is 40.8 Å². The zero-order chi connectivity index (χ0) is 13.8. The lowest BCUT2D eigenvalue weighted by atomic mass is 10.0. The number of nitrogens with two attached hydrogens (primary N) is 1. The third kappa shape index (κ3) is 3.15. The smallest absolute Gasteiger partial charge is 0.137 e. The molecule has 106 valence electrons. The maximum atomic E-state index is 6.01. The van der Waals surface area contributed by atoms with Crippen molar-refractivity contribution >= 4 is 11.6 Å². The van der Waals surface area contributed by atoms with Crippen LogP contribution in [0.3, 0.4) is 0 Å². The van der Waals surface area contributed by atoms with Crippen molar-refractivity contribution in [1.29, 1.82) is 0 Å². The van der Waals surface area contributed by atoms with Crippen molar-refractivity contribution in [2.24, 2.45) is 0 Å². The topological polar surface area (TPSA) is 58.3 Å². The number of anilines is 2. The largest absolute Gasteiger partial charge is 0.383 e. The summed E-state index contributed by atoms with van der Waals surface area (Å²) in [6.07, 6.45) is 6.04. The maximum absolute atomic E-state index is 6.01. The lowest BCUT2D eigenvalue weighted by Crippen LogP contribution is -2.45. The van der Waals surface area contributed by atoms with E-state index in [9.17, 15) is 0 Å². The second-order valence-electron chi connectivity index (χ2n) is 5.48. The molecule has 0 aromatic carbocycles. The normalized spacial score (nSPS) is 20.5. The summed E-state index contributed by atoms with van der Waals surface area (Å²) in [7, 11) is 4.31. The second-order valence-corrected chi connectivity index (χ2v) is 5.48. The van der Waals surface area contributed by atoms with E-state index in [-0.39, 0.29) is 0 Å². The molecule has 5 heteroatoms. The molecule has 19 heavy (non-hydrogen) atoms. The summed E-state index contributed by atoms with van der Waals surface area (Å²) in [5, 5.41) is 0. The fourth-order valence-electron chi connectivity index (χ4n) is 2.84. The highest BCUT2D eigenvalue weighted by atomic mass is 15.2. The summed E-state index contributed by atoms with van der Waals surface area (Å²) < 4.78 is 0. The zero-order valence-corrected chi connectivity index (χ0v) is 12.3. The molecule has 2 heterocycles. The SMILES string of the molecule is CCCc1c(N)ncnc1N(C)C1CCCN(C)C1. The lowest BCUT2D eigenvalue weighted by molar-refractivity contribution is 0.247. The molecule has 1 aromatic heterocycles. The van der Waals surface area contributed by atoms with E-state index in [1.54, 1.807) is 6.33 Å². The van der Waals surface area contributed by atoms with Crippen LogP contribution in [0, 0.1) is 0 Å². The van der Waals surface area contributed by atoms with Gasteiger partial charge in [0.05, 0.1) is 0 Å². The lowest BCUT2D eigenvalue weighted by Gasteiger charge is -2.37. The van der Waals surface area contributed by atoms with Gasteiger partial charge in [-0.25, -0.2) is 9.97 Å². The summed E-state index contributed by atoms with van der Waals surface area (Å²) in [6, 6.07) is 0.517. The molecule has 0 radical (unpaired) electrons. The Morgan fingerprint density at radius 2 is 2.26 bits per heavy atom. The van der Waals surface area contributed by atoms with Gasteiger partial charge in [0.2, 0.25) is 0 Å². The van der Waals surface area contributed by atoms with Gasteiger partial charge < -0.3 is 15.5 Å². The predicted octanol–water partition coefficient (Wildman–Crippen LogP) is 1.54. The fraction of sp³-hybridized carbons (Fsp3) is 0.714. The molecular formula is C14H25N5. The van der Waals surface area contributed by atoms with Gasteiger partial charge in [-0.1, -0.05) is 13.3 Å². The quantitative estimate of drug-likeness (QED) is 0.893. The number of hydrogen-bond acceptors (Lipinski definition) is 5. The van der Waals surface area contributed by atoms with Gasteiger partial charge in [0.15, 0.2) is 0 Å². The van der Waals surface area contributed by atoms with E-state index < -0.39 is 0 Å². The highest BCUT2D eigenvalue weighted by Gasteiger charge is 2.24. The fourth-order valence-corrected chi connectivity index (χ4v) is 2.84. The molecule has 1 aliphatic heterocycles. The van der Waals surface area contributed by atoms with Crippen molar-refractivity contribution in [2.75, 3.05) is 37.8 Å². The molecule has 0 amide bonds. The van der Waals surface area contributed by atoms with Gasteiger partial charge in [-0.3, -0.25) is 0 Å². The Balaban J connectivity index is 2.22. The number of nitrogen functional groups attached to an aromatic ring is 1. The molecule has 2 rings (SSSR count). The Hall–Kier alpha value is -1.36. The van der Waals surface area contributed by atoms with E-state index in [1.807, 2.05) is 0 Å². The molecule has 1 unspecified atom stereocenters. The van der Waals surface area contributed by atoms with Crippen molar-refractivity contribution in [3.05, 3.63) is 11.9 Å². The summed E-state index contributed by atoms with van der Waals surface area (Å²) in [4.78, 5) is 13.3.